The Hall–Kier alpha value is -2.83. The number of carbonyl (C=O) groups excluding carboxylic acids is 1. The smallest absolute Gasteiger partial charge is 0.322 e. The number of hydrogen-bond donors (Lipinski definition) is 2. The molecular formula is C22H32N6O. The summed E-state index contributed by atoms with van der Waals surface area (Å²) in [4.78, 5) is 25.6. The third-order valence-corrected chi connectivity index (χ3v) is 5.39. The third-order valence-electron chi connectivity index (χ3n) is 5.39. The van der Waals surface area contributed by atoms with Crippen LogP contribution in [0.5, 0.6) is 0 Å². The van der Waals surface area contributed by atoms with Gasteiger partial charge in [0.05, 0.1) is 0 Å². The lowest BCUT2D eigenvalue weighted by Gasteiger charge is -2.31. The van der Waals surface area contributed by atoms with Crippen LogP contribution in [0.3, 0.4) is 0 Å². The molecule has 29 heavy (non-hydrogen) atoms. The maximum Gasteiger partial charge on any atom is 0.322 e. The van der Waals surface area contributed by atoms with Gasteiger partial charge >= 0.3 is 6.03 Å². The predicted octanol–water partition coefficient (Wildman–Crippen LogP) is 3.81. The topological polar surface area (TPSA) is 73.4 Å². The van der Waals surface area contributed by atoms with Gasteiger partial charge in [0.25, 0.3) is 0 Å². The summed E-state index contributed by atoms with van der Waals surface area (Å²) in [6.45, 7) is 4.66. The highest BCUT2D eigenvalue weighted by Crippen LogP contribution is 2.23. The van der Waals surface area contributed by atoms with Gasteiger partial charge in [-0.1, -0.05) is 18.2 Å². The molecule has 0 unspecified atom stereocenters. The molecule has 7 heteroatoms. The van der Waals surface area contributed by atoms with Gasteiger partial charge in [-0.05, 0) is 51.7 Å². The van der Waals surface area contributed by atoms with Crippen LogP contribution in [-0.4, -0.2) is 48.7 Å². The van der Waals surface area contributed by atoms with Crippen molar-refractivity contribution in [3.63, 3.8) is 0 Å². The largest absolute Gasteiger partial charge is 0.362 e. The van der Waals surface area contributed by atoms with Crippen molar-refractivity contribution in [1.29, 1.82) is 0 Å². The molecule has 156 valence electrons. The zero-order chi connectivity index (χ0) is 20.8. The van der Waals surface area contributed by atoms with Crippen molar-refractivity contribution in [2.45, 2.75) is 51.6 Å². The Morgan fingerprint density at radius 3 is 2.38 bits per heavy atom. The fraction of sp³-hybridized carbons (Fsp3) is 0.500. The van der Waals surface area contributed by atoms with Crippen molar-refractivity contribution >= 4 is 23.5 Å². The summed E-state index contributed by atoms with van der Waals surface area (Å²) in [5.41, 5.74) is 1.99. The zero-order valence-corrected chi connectivity index (χ0v) is 17.9. The first-order chi connectivity index (χ1) is 14.0. The molecule has 0 spiro atoms. The summed E-state index contributed by atoms with van der Waals surface area (Å²) in [5.74, 6) is 1.61. The van der Waals surface area contributed by atoms with Gasteiger partial charge in [0.2, 0.25) is 5.95 Å². The van der Waals surface area contributed by atoms with E-state index in [1.54, 1.807) is 4.90 Å². The van der Waals surface area contributed by atoms with Gasteiger partial charge in [0.1, 0.15) is 5.82 Å². The number of amides is 2. The maximum absolute atomic E-state index is 12.7. The normalized spacial score (nSPS) is 18.8. The van der Waals surface area contributed by atoms with Crippen molar-refractivity contribution in [3.8, 4) is 0 Å². The lowest BCUT2D eigenvalue weighted by Crippen LogP contribution is -2.47. The van der Waals surface area contributed by atoms with E-state index in [9.17, 15) is 4.79 Å². The summed E-state index contributed by atoms with van der Waals surface area (Å²) in [6, 6.07) is 10.3. The number of para-hydroxylation sites is 1. The van der Waals surface area contributed by atoms with Crippen LogP contribution in [0.4, 0.5) is 22.2 Å². The number of rotatable bonds is 6. The number of benzene rings is 1. The molecule has 0 aliphatic heterocycles. The minimum absolute atomic E-state index is 0.0207. The van der Waals surface area contributed by atoms with E-state index in [1.165, 1.54) is 0 Å². The molecular weight excluding hydrogens is 364 g/mol. The molecule has 1 aliphatic carbocycles. The zero-order valence-electron chi connectivity index (χ0n) is 17.9. The molecule has 2 aromatic rings. The Kier molecular flexibility index (Phi) is 6.90. The number of aryl methyl sites for hydroxylation is 1. The molecule has 1 aromatic heterocycles. The molecule has 0 atom stereocenters. The molecule has 0 radical (unpaired) electrons. The highest BCUT2D eigenvalue weighted by molar-refractivity contribution is 5.92. The highest BCUT2D eigenvalue weighted by Gasteiger charge is 2.25. The Bertz CT molecular complexity index is 802. The Labute approximate surface area is 173 Å². The summed E-state index contributed by atoms with van der Waals surface area (Å²) in [6.07, 6.45) is 5.72. The van der Waals surface area contributed by atoms with E-state index in [2.05, 4.69) is 20.6 Å². The molecule has 1 aliphatic rings. The first-order valence-corrected chi connectivity index (χ1v) is 10.4. The molecule has 7 nitrogen and oxygen atoms in total. The Morgan fingerprint density at radius 2 is 1.76 bits per heavy atom. The van der Waals surface area contributed by atoms with Gasteiger partial charge < -0.3 is 15.5 Å². The van der Waals surface area contributed by atoms with Crippen LogP contribution in [0.15, 0.2) is 36.5 Å². The second-order valence-corrected chi connectivity index (χ2v) is 7.82. The van der Waals surface area contributed by atoms with E-state index in [0.29, 0.717) is 18.5 Å². The minimum atomic E-state index is -0.0207. The molecule has 1 aromatic carbocycles. The average Bonchev–Trinajstić information content (AvgIpc) is 2.72. The number of carbonyl (C=O) groups is 1. The van der Waals surface area contributed by atoms with Crippen LogP contribution in [0.2, 0.25) is 0 Å². The highest BCUT2D eigenvalue weighted by atomic mass is 16.2. The molecule has 1 saturated carbocycles. The van der Waals surface area contributed by atoms with Crippen molar-refractivity contribution < 1.29 is 4.79 Å². The monoisotopic (exact) mass is 396 g/mol. The van der Waals surface area contributed by atoms with E-state index < -0.39 is 0 Å². The fourth-order valence-electron chi connectivity index (χ4n) is 3.82. The maximum atomic E-state index is 12.7. The van der Waals surface area contributed by atoms with Gasteiger partial charge in [-0.25, -0.2) is 9.78 Å². The SMILES string of the molecule is CCN(C(=O)NC1CCC(Nc2ncc(C)c(N(C)C)n2)CC1)c1ccccc1. The predicted molar refractivity (Wildman–Crippen MR) is 119 cm³/mol. The first kappa shape index (κ1) is 20.9. The van der Waals surface area contributed by atoms with Gasteiger partial charge in [-0.15, -0.1) is 0 Å². The second kappa shape index (κ2) is 9.58. The van der Waals surface area contributed by atoms with Crippen LogP contribution in [0, 0.1) is 6.92 Å². The van der Waals surface area contributed by atoms with Crippen molar-refractivity contribution in [1.82, 2.24) is 15.3 Å². The van der Waals surface area contributed by atoms with Gasteiger partial charge in [0, 0.05) is 50.2 Å². The summed E-state index contributed by atoms with van der Waals surface area (Å²) in [5, 5.41) is 6.67. The third kappa shape index (κ3) is 5.37. The van der Waals surface area contributed by atoms with Gasteiger partial charge in [0.15, 0.2) is 0 Å². The first-order valence-electron chi connectivity index (χ1n) is 10.4. The van der Waals surface area contributed by atoms with E-state index >= 15 is 0 Å². The average molecular weight is 397 g/mol. The molecule has 0 bridgehead atoms. The van der Waals surface area contributed by atoms with Crippen LogP contribution >= 0.6 is 0 Å². The lowest BCUT2D eigenvalue weighted by atomic mass is 9.91. The number of aromatic nitrogens is 2. The van der Waals surface area contributed by atoms with E-state index in [4.69, 9.17) is 0 Å². The van der Waals surface area contributed by atoms with Crippen molar-refractivity contribution in [2.24, 2.45) is 0 Å². The standard InChI is InChI=1S/C22H32N6O/c1-5-28(19-9-7-6-8-10-19)22(29)25-18-13-11-17(12-14-18)24-21-23-15-16(2)20(26-21)27(3)4/h6-10,15,17-18H,5,11-14H2,1-4H3,(H,25,29)(H,23,24,26). The molecule has 1 fully saturated rings. The van der Waals surface area contributed by atoms with Crippen molar-refractivity contribution in [3.05, 3.63) is 42.1 Å². The molecule has 0 saturated heterocycles. The molecule has 1 heterocycles. The van der Waals surface area contributed by atoms with Crippen molar-refractivity contribution in [2.75, 3.05) is 35.8 Å². The molecule has 3 rings (SSSR count). The minimum Gasteiger partial charge on any atom is -0.362 e. The van der Waals surface area contributed by atoms with Gasteiger partial charge in [-0.2, -0.15) is 4.98 Å². The summed E-state index contributed by atoms with van der Waals surface area (Å²) < 4.78 is 0. The van der Waals surface area contributed by atoms with Crippen LogP contribution in [0.1, 0.15) is 38.2 Å². The number of anilines is 3. The molecule has 2 amide bonds. The lowest BCUT2D eigenvalue weighted by molar-refractivity contribution is 0.237. The Morgan fingerprint density at radius 1 is 1.10 bits per heavy atom. The van der Waals surface area contributed by atoms with E-state index in [-0.39, 0.29) is 12.1 Å². The van der Waals surface area contributed by atoms with Crippen LogP contribution in [0.25, 0.3) is 0 Å². The van der Waals surface area contributed by atoms with Gasteiger partial charge in [-0.3, -0.25) is 4.90 Å². The summed E-state index contributed by atoms with van der Waals surface area (Å²) >= 11 is 0. The quantitative estimate of drug-likeness (QED) is 0.777. The van der Waals surface area contributed by atoms with Crippen LogP contribution in [-0.2, 0) is 0 Å². The number of nitrogens with zero attached hydrogens (tertiary/aromatic N) is 4. The van der Waals surface area contributed by atoms with Crippen LogP contribution < -0.4 is 20.4 Å². The number of urea groups is 1. The number of nitrogens with one attached hydrogen (secondary N) is 2. The summed E-state index contributed by atoms with van der Waals surface area (Å²) in [7, 11) is 3.98. The number of hydrogen-bond acceptors (Lipinski definition) is 5. The fourth-order valence-corrected chi connectivity index (χ4v) is 3.82. The Balaban J connectivity index is 1.51. The van der Waals surface area contributed by atoms with E-state index in [0.717, 1.165) is 42.8 Å². The molecule has 2 N–H and O–H groups in total. The second-order valence-electron chi connectivity index (χ2n) is 7.82. The van der Waals surface area contributed by atoms with E-state index in [1.807, 2.05) is 69.4 Å².